The van der Waals surface area contributed by atoms with Crippen molar-refractivity contribution in [2.24, 2.45) is 0 Å². The number of anilines is 1. The van der Waals surface area contributed by atoms with E-state index < -0.39 is 0 Å². The summed E-state index contributed by atoms with van der Waals surface area (Å²) in [7, 11) is 0. The number of nitrogens with one attached hydrogen (secondary N) is 1. The molecule has 7 heteroatoms. The summed E-state index contributed by atoms with van der Waals surface area (Å²) in [5, 5.41) is 3.87. The first-order valence-electron chi connectivity index (χ1n) is 8.71. The Kier molecular flexibility index (Phi) is 5.72. The zero-order valence-corrected chi connectivity index (χ0v) is 16.7. The van der Waals surface area contributed by atoms with Crippen LogP contribution in [0.2, 0.25) is 0 Å². The Bertz CT molecular complexity index is 930. The quantitative estimate of drug-likeness (QED) is 0.635. The summed E-state index contributed by atoms with van der Waals surface area (Å²) in [6.45, 7) is 8.83. The summed E-state index contributed by atoms with van der Waals surface area (Å²) in [4.78, 5) is 21.0. The average Bonchev–Trinajstić information content (AvgIpc) is 2.97. The predicted octanol–water partition coefficient (Wildman–Crippen LogP) is 4.45. The maximum Gasteiger partial charge on any atom is 0.257 e. The van der Waals surface area contributed by atoms with Crippen LogP contribution in [-0.2, 0) is 4.74 Å². The maximum atomic E-state index is 12.4. The molecule has 6 nitrogen and oxygen atoms in total. The molecule has 0 aliphatic heterocycles. The number of rotatable bonds is 6. The fourth-order valence-electron chi connectivity index (χ4n) is 2.42. The zero-order chi connectivity index (χ0) is 19.4. The summed E-state index contributed by atoms with van der Waals surface area (Å²) in [6, 6.07) is 9.08. The summed E-state index contributed by atoms with van der Waals surface area (Å²) in [6.07, 6.45) is 1.50. The monoisotopic (exact) mass is 385 g/mol. The van der Waals surface area contributed by atoms with E-state index in [4.69, 9.17) is 9.47 Å². The number of aromatic nitrogens is 2. The minimum atomic E-state index is -0.226. The van der Waals surface area contributed by atoms with Crippen LogP contribution in [0.4, 0.5) is 5.69 Å². The van der Waals surface area contributed by atoms with E-state index in [2.05, 4.69) is 15.3 Å². The minimum absolute atomic E-state index is 0.195. The molecular weight excluding hydrogens is 362 g/mol. The molecule has 27 heavy (non-hydrogen) atoms. The molecule has 0 spiro atoms. The van der Waals surface area contributed by atoms with Gasteiger partial charge in [0.2, 0.25) is 5.88 Å². The van der Waals surface area contributed by atoms with Gasteiger partial charge in [0.25, 0.3) is 5.91 Å². The highest BCUT2D eigenvalue weighted by molar-refractivity contribution is 7.18. The Balaban J connectivity index is 1.56. The number of ether oxygens (including phenoxy) is 2. The molecule has 0 radical (unpaired) electrons. The van der Waals surface area contributed by atoms with Gasteiger partial charge in [-0.25, -0.2) is 9.97 Å². The number of amides is 1. The summed E-state index contributed by atoms with van der Waals surface area (Å²) in [5.74, 6) is 0.236. The molecule has 0 fully saturated rings. The number of hydrogen-bond acceptors (Lipinski definition) is 6. The number of carbonyl (C=O) groups excluding carboxylic acids is 1. The van der Waals surface area contributed by atoms with Gasteiger partial charge in [-0.1, -0.05) is 0 Å². The van der Waals surface area contributed by atoms with E-state index in [0.717, 1.165) is 15.2 Å². The van der Waals surface area contributed by atoms with Crippen LogP contribution in [0.15, 0.2) is 36.5 Å². The van der Waals surface area contributed by atoms with Crippen molar-refractivity contribution in [3.63, 3.8) is 0 Å². The minimum Gasteiger partial charge on any atom is -0.475 e. The third-order valence-corrected chi connectivity index (χ3v) is 4.57. The van der Waals surface area contributed by atoms with E-state index in [1.165, 1.54) is 6.20 Å². The van der Waals surface area contributed by atoms with Crippen molar-refractivity contribution >= 4 is 33.1 Å². The summed E-state index contributed by atoms with van der Waals surface area (Å²) in [5.41, 5.74) is 1.86. The summed E-state index contributed by atoms with van der Waals surface area (Å²) < 4.78 is 12.2. The predicted molar refractivity (Wildman–Crippen MR) is 108 cm³/mol. The molecule has 142 valence electrons. The number of thiazole rings is 1. The molecule has 0 unspecified atom stereocenters. The van der Waals surface area contributed by atoms with Gasteiger partial charge in [-0.05, 0) is 52.0 Å². The smallest absolute Gasteiger partial charge is 0.257 e. The Morgan fingerprint density at radius 3 is 2.70 bits per heavy atom. The lowest BCUT2D eigenvalue weighted by Crippen LogP contribution is -2.22. The highest BCUT2D eigenvalue weighted by Crippen LogP contribution is 2.24. The van der Waals surface area contributed by atoms with E-state index in [1.54, 1.807) is 23.5 Å². The Morgan fingerprint density at radius 2 is 2.00 bits per heavy atom. The molecule has 0 bridgehead atoms. The maximum absolute atomic E-state index is 12.4. The van der Waals surface area contributed by atoms with Crippen molar-refractivity contribution in [2.75, 3.05) is 18.5 Å². The van der Waals surface area contributed by atoms with Gasteiger partial charge >= 0.3 is 0 Å². The van der Waals surface area contributed by atoms with Gasteiger partial charge in [-0.3, -0.25) is 4.79 Å². The van der Waals surface area contributed by atoms with Crippen LogP contribution >= 0.6 is 11.3 Å². The van der Waals surface area contributed by atoms with Crippen molar-refractivity contribution in [1.82, 2.24) is 9.97 Å². The van der Waals surface area contributed by atoms with E-state index in [0.29, 0.717) is 30.3 Å². The number of carbonyl (C=O) groups is 1. The number of aryl methyl sites for hydroxylation is 1. The molecule has 0 aliphatic rings. The van der Waals surface area contributed by atoms with Crippen molar-refractivity contribution in [3.05, 3.63) is 47.1 Å². The molecule has 0 aliphatic carbocycles. The highest BCUT2D eigenvalue weighted by Gasteiger charge is 2.11. The third-order valence-electron chi connectivity index (χ3n) is 3.62. The second-order valence-electron chi connectivity index (χ2n) is 7.06. The number of hydrogen-bond donors (Lipinski definition) is 1. The lowest BCUT2D eigenvalue weighted by molar-refractivity contribution is -0.0168. The van der Waals surface area contributed by atoms with Crippen molar-refractivity contribution in [3.8, 4) is 5.88 Å². The number of fused-ring (bicyclic) bond motifs is 1. The van der Waals surface area contributed by atoms with Gasteiger partial charge in [-0.15, -0.1) is 11.3 Å². The van der Waals surface area contributed by atoms with Gasteiger partial charge in [0, 0.05) is 18.0 Å². The average molecular weight is 385 g/mol. The zero-order valence-electron chi connectivity index (χ0n) is 15.9. The van der Waals surface area contributed by atoms with Gasteiger partial charge in [-0.2, -0.15) is 0 Å². The molecule has 0 atom stereocenters. The molecule has 1 amide bonds. The van der Waals surface area contributed by atoms with Crippen LogP contribution in [0, 0.1) is 6.92 Å². The molecule has 1 N–H and O–H groups in total. The Hall–Kier alpha value is -2.51. The van der Waals surface area contributed by atoms with Crippen LogP contribution in [0.1, 0.15) is 36.1 Å². The standard InChI is InChI=1S/C20H23N3O3S/c1-13-22-16-11-15(6-7-17(16)27-13)23-19(24)14-5-8-18(21-12-14)25-9-10-26-20(2,3)4/h5-8,11-12H,9-10H2,1-4H3,(H,23,24). The van der Waals surface area contributed by atoms with Gasteiger partial charge in [0.15, 0.2) is 0 Å². The molecule has 2 heterocycles. The molecule has 1 aromatic carbocycles. The van der Waals surface area contributed by atoms with Crippen molar-refractivity contribution < 1.29 is 14.3 Å². The van der Waals surface area contributed by atoms with E-state index in [-0.39, 0.29) is 11.5 Å². The fourth-order valence-corrected chi connectivity index (χ4v) is 3.23. The van der Waals surface area contributed by atoms with Crippen LogP contribution in [-0.4, -0.2) is 34.7 Å². The SMILES string of the molecule is Cc1nc2cc(NC(=O)c3ccc(OCCOC(C)(C)C)nc3)ccc2s1. The highest BCUT2D eigenvalue weighted by atomic mass is 32.1. The van der Waals surface area contributed by atoms with Gasteiger partial charge < -0.3 is 14.8 Å². The molecule has 0 saturated carbocycles. The van der Waals surface area contributed by atoms with E-state index in [1.807, 2.05) is 45.9 Å². The number of nitrogens with zero attached hydrogens (tertiary/aromatic N) is 2. The molecule has 0 saturated heterocycles. The first kappa shape index (κ1) is 19.3. The van der Waals surface area contributed by atoms with Crippen molar-refractivity contribution in [2.45, 2.75) is 33.3 Å². The van der Waals surface area contributed by atoms with Crippen LogP contribution in [0.25, 0.3) is 10.2 Å². The van der Waals surface area contributed by atoms with Gasteiger partial charge in [0.1, 0.15) is 6.61 Å². The molecule has 3 rings (SSSR count). The second-order valence-corrected chi connectivity index (χ2v) is 8.30. The first-order valence-corrected chi connectivity index (χ1v) is 9.53. The number of pyridine rings is 1. The fraction of sp³-hybridized carbons (Fsp3) is 0.350. The van der Waals surface area contributed by atoms with Crippen LogP contribution in [0.3, 0.4) is 0 Å². The normalized spacial score (nSPS) is 11.6. The largest absolute Gasteiger partial charge is 0.475 e. The first-order chi connectivity index (χ1) is 12.8. The molecule has 2 aromatic heterocycles. The Morgan fingerprint density at radius 1 is 1.19 bits per heavy atom. The lowest BCUT2D eigenvalue weighted by atomic mass is 10.2. The second kappa shape index (κ2) is 8.02. The molecule has 3 aromatic rings. The van der Waals surface area contributed by atoms with E-state index >= 15 is 0 Å². The third kappa shape index (κ3) is 5.48. The topological polar surface area (TPSA) is 73.3 Å². The van der Waals surface area contributed by atoms with Crippen LogP contribution < -0.4 is 10.1 Å². The summed E-state index contributed by atoms with van der Waals surface area (Å²) >= 11 is 1.63. The van der Waals surface area contributed by atoms with E-state index in [9.17, 15) is 4.79 Å². The lowest BCUT2D eigenvalue weighted by Gasteiger charge is -2.19. The van der Waals surface area contributed by atoms with Crippen molar-refractivity contribution in [1.29, 1.82) is 0 Å². The van der Waals surface area contributed by atoms with Gasteiger partial charge in [0.05, 0.1) is 33.0 Å². The molecular formula is C20H23N3O3S. The number of benzene rings is 1. The Labute approximate surface area is 162 Å². The van der Waals surface area contributed by atoms with Crippen LogP contribution in [0.5, 0.6) is 5.88 Å².